The van der Waals surface area contributed by atoms with E-state index >= 15 is 0 Å². The molecule has 1 aromatic carbocycles. The van der Waals surface area contributed by atoms with Crippen LogP contribution in [-0.2, 0) is 20.9 Å². The van der Waals surface area contributed by atoms with E-state index < -0.39 is 10.1 Å². The van der Waals surface area contributed by atoms with Crippen molar-refractivity contribution in [1.82, 2.24) is 9.97 Å². The van der Waals surface area contributed by atoms with Crippen LogP contribution < -0.4 is 4.40 Å². The first-order valence-corrected chi connectivity index (χ1v) is 8.88. The summed E-state index contributed by atoms with van der Waals surface area (Å²) in [6.45, 7) is -0.0278. The zero-order valence-corrected chi connectivity index (χ0v) is 13.2. The number of pyridine rings is 2. The van der Waals surface area contributed by atoms with Crippen molar-refractivity contribution in [3.63, 3.8) is 0 Å². The van der Waals surface area contributed by atoms with Crippen molar-refractivity contribution in [2.24, 2.45) is 0 Å². The lowest BCUT2D eigenvalue weighted by Gasteiger charge is -2.03. The van der Waals surface area contributed by atoms with E-state index in [-0.39, 0.29) is 6.61 Å². The van der Waals surface area contributed by atoms with Crippen molar-refractivity contribution < 1.29 is 17.0 Å². The van der Waals surface area contributed by atoms with E-state index in [1.807, 2.05) is 46.9 Å². The van der Waals surface area contributed by atoms with E-state index in [1.54, 1.807) is 6.20 Å². The normalized spacial score (nSPS) is 12.4. The fraction of sp³-hybridized carbons (Fsp3) is 0.125. The average Bonchev–Trinajstić information content (AvgIpc) is 2.92. The molecule has 0 radical (unpaired) electrons. The smallest absolute Gasteiger partial charge is 0.270 e. The Kier molecular flexibility index (Phi) is 3.07. The van der Waals surface area contributed by atoms with Gasteiger partial charge in [-0.3, -0.25) is 9.17 Å². The molecule has 3 aromatic heterocycles. The molecule has 4 rings (SSSR count). The van der Waals surface area contributed by atoms with Crippen molar-refractivity contribution in [2.45, 2.75) is 6.61 Å². The van der Waals surface area contributed by atoms with Gasteiger partial charge in [-0.15, -0.1) is 4.98 Å². The molecule has 0 aliphatic rings. The van der Waals surface area contributed by atoms with Crippen LogP contribution >= 0.6 is 0 Å². The summed E-state index contributed by atoms with van der Waals surface area (Å²) in [6, 6.07) is 13.6. The van der Waals surface area contributed by atoms with Crippen LogP contribution in [-0.4, -0.2) is 24.6 Å². The van der Waals surface area contributed by atoms with Gasteiger partial charge in [0.1, 0.15) is 17.2 Å². The number of nitrogens with one attached hydrogen (secondary N) is 1. The molecular formula is C16H14N3O3S+. The van der Waals surface area contributed by atoms with Crippen molar-refractivity contribution in [3.05, 3.63) is 54.2 Å². The van der Waals surface area contributed by atoms with Gasteiger partial charge >= 0.3 is 0 Å². The molecule has 0 saturated heterocycles. The van der Waals surface area contributed by atoms with E-state index in [4.69, 9.17) is 4.18 Å². The first-order chi connectivity index (χ1) is 11.0. The van der Waals surface area contributed by atoms with Gasteiger partial charge in [-0.25, -0.2) is 0 Å². The number of aromatic nitrogens is 3. The van der Waals surface area contributed by atoms with E-state index in [9.17, 15) is 8.42 Å². The lowest BCUT2D eigenvalue weighted by Crippen LogP contribution is -2.24. The Hall–Kier alpha value is -2.51. The second kappa shape index (κ2) is 5.00. The molecule has 0 saturated carbocycles. The average molecular weight is 328 g/mol. The van der Waals surface area contributed by atoms with Gasteiger partial charge in [-0.1, -0.05) is 12.1 Å². The number of para-hydroxylation sites is 2. The number of H-pyrrole nitrogens is 1. The minimum Gasteiger partial charge on any atom is -0.270 e. The Balaban J connectivity index is 2.08. The maximum absolute atomic E-state index is 11.3. The molecular weight excluding hydrogens is 314 g/mol. The van der Waals surface area contributed by atoms with Gasteiger partial charge in [0.25, 0.3) is 15.8 Å². The molecule has 0 unspecified atom stereocenters. The van der Waals surface area contributed by atoms with E-state index in [0.29, 0.717) is 0 Å². The Morgan fingerprint density at radius 1 is 1.22 bits per heavy atom. The summed E-state index contributed by atoms with van der Waals surface area (Å²) in [4.78, 5) is 7.79. The highest BCUT2D eigenvalue weighted by atomic mass is 32.2. The predicted molar refractivity (Wildman–Crippen MR) is 86.4 cm³/mol. The fourth-order valence-corrected chi connectivity index (χ4v) is 3.11. The molecule has 0 spiro atoms. The van der Waals surface area contributed by atoms with Crippen LogP contribution in [0.2, 0.25) is 0 Å². The maximum atomic E-state index is 11.3. The first kappa shape index (κ1) is 14.1. The quantitative estimate of drug-likeness (QED) is 0.460. The van der Waals surface area contributed by atoms with Gasteiger partial charge in [-0.05, 0) is 30.3 Å². The van der Waals surface area contributed by atoms with Crippen molar-refractivity contribution in [3.8, 4) is 0 Å². The number of fused-ring (bicyclic) bond motifs is 5. The minimum absolute atomic E-state index is 0.0278. The number of nitrogens with zero attached hydrogens (tertiary/aromatic N) is 2. The van der Waals surface area contributed by atoms with Crippen molar-refractivity contribution >= 4 is 37.8 Å². The highest BCUT2D eigenvalue weighted by molar-refractivity contribution is 7.85. The van der Waals surface area contributed by atoms with Crippen LogP contribution in [0.4, 0.5) is 0 Å². The van der Waals surface area contributed by atoms with Crippen LogP contribution in [0.5, 0.6) is 0 Å². The Morgan fingerprint density at radius 2 is 2.04 bits per heavy atom. The molecule has 116 valence electrons. The third kappa shape index (κ3) is 2.43. The molecule has 7 heteroatoms. The van der Waals surface area contributed by atoms with E-state index in [2.05, 4.69) is 9.97 Å². The topological polar surface area (TPSA) is 76.2 Å². The largest absolute Gasteiger partial charge is 0.275 e. The summed E-state index contributed by atoms with van der Waals surface area (Å²) in [5.74, 6) is 0. The minimum atomic E-state index is -3.51. The lowest BCUT2D eigenvalue weighted by atomic mass is 10.2. The highest BCUT2D eigenvalue weighted by Crippen LogP contribution is 2.19. The van der Waals surface area contributed by atoms with Gasteiger partial charge in [-0.2, -0.15) is 12.8 Å². The van der Waals surface area contributed by atoms with Crippen molar-refractivity contribution in [1.29, 1.82) is 0 Å². The second-order valence-corrected chi connectivity index (χ2v) is 7.02. The number of benzene rings is 1. The number of rotatable bonds is 3. The van der Waals surface area contributed by atoms with Crippen LogP contribution in [0, 0.1) is 0 Å². The first-order valence-electron chi connectivity index (χ1n) is 7.06. The zero-order valence-electron chi connectivity index (χ0n) is 12.4. The van der Waals surface area contributed by atoms with Gasteiger partial charge in [0.2, 0.25) is 5.65 Å². The Bertz CT molecular complexity index is 1150. The zero-order chi connectivity index (χ0) is 16.0. The third-order valence-electron chi connectivity index (χ3n) is 3.71. The van der Waals surface area contributed by atoms with E-state index in [1.165, 1.54) is 0 Å². The molecule has 1 N–H and O–H groups in total. The van der Waals surface area contributed by atoms with Gasteiger partial charge in [0.15, 0.2) is 0 Å². The van der Waals surface area contributed by atoms with Crippen LogP contribution in [0.15, 0.2) is 48.7 Å². The number of hydrogen-bond acceptors (Lipinski definition) is 4. The SMILES string of the molecule is CS(=O)(=O)OCc1cc2cccnc2[n+]2c1[nH]c1ccccc12. The summed E-state index contributed by atoms with van der Waals surface area (Å²) < 4.78 is 29.6. The molecule has 0 aliphatic carbocycles. The third-order valence-corrected chi connectivity index (χ3v) is 4.26. The fourth-order valence-electron chi connectivity index (χ4n) is 2.77. The summed E-state index contributed by atoms with van der Waals surface area (Å²) in [7, 11) is -3.51. The van der Waals surface area contributed by atoms with Crippen LogP contribution in [0.1, 0.15) is 5.56 Å². The summed E-state index contributed by atoms with van der Waals surface area (Å²) in [6.07, 6.45) is 2.79. The highest BCUT2D eigenvalue weighted by Gasteiger charge is 2.19. The maximum Gasteiger partial charge on any atom is 0.275 e. The number of imidazole rings is 1. The lowest BCUT2D eigenvalue weighted by molar-refractivity contribution is -0.452. The van der Waals surface area contributed by atoms with Gasteiger partial charge < -0.3 is 0 Å². The van der Waals surface area contributed by atoms with Gasteiger partial charge in [0.05, 0.1) is 23.8 Å². The molecule has 0 bridgehead atoms. The summed E-state index contributed by atoms with van der Waals surface area (Å²) in [5.41, 5.74) is 4.27. The van der Waals surface area contributed by atoms with Crippen molar-refractivity contribution in [2.75, 3.05) is 6.26 Å². The predicted octanol–water partition coefficient (Wildman–Crippen LogP) is 1.93. The number of hydrogen-bond donors (Lipinski definition) is 1. The molecule has 0 aliphatic heterocycles. The molecule has 23 heavy (non-hydrogen) atoms. The summed E-state index contributed by atoms with van der Waals surface area (Å²) >= 11 is 0. The summed E-state index contributed by atoms with van der Waals surface area (Å²) in [5, 5.41) is 0.918. The molecule has 3 heterocycles. The Morgan fingerprint density at radius 3 is 2.87 bits per heavy atom. The van der Waals surface area contributed by atoms with Crippen LogP contribution in [0.3, 0.4) is 0 Å². The van der Waals surface area contributed by atoms with E-state index in [0.717, 1.165) is 39.5 Å². The monoisotopic (exact) mass is 328 g/mol. The molecule has 0 fully saturated rings. The molecule has 0 amide bonds. The molecule has 0 atom stereocenters. The molecule has 4 aromatic rings. The van der Waals surface area contributed by atoms with Crippen LogP contribution in [0.25, 0.3) is 27.7 Å². The van der Waals surface area contributed by atoms with Gasteiger partial charge in [0, 0.05) is 0 Å². The second-order valence-electron chi connectivity index (χ2n) is 5.38. The standard InChI is InChI=1S/C16H13N3O3S/c1-23(20,21)22-10-12-9-11-5-4-8-17-15(11)19-14-7-3-2-6-13(14)18-16(12)19/h2-9H,10H2,1H3/p+1. The Labute approximate surface area is 132 Å². The molecule has 6 nitrogen and oxygen atoms in total. The number of aromatic amines is 1.